The molecule has 0 aliphatic heterocycles. The van der Waals surface area contributed by atoms with Crippen LogP contribution in [0, 0.1) is 0 Å². The molecule has 0 aromatic carbocycles. The van der Waals surface area contributed by atoms with Crippen LogP contribution in [0.2, 0.25) is 0 Å². The number of rotatable bonds is 2. The standard InChI is InChI=1S/C11H18N4/c1-8(12)11-14-10(7-13-15-11)9-5-3-2-4-6-9/h7-9H,2-6,12H2,1H3. The van der Waals surface area contributed by atoms with Gasteiger partial charge in [0.2, 0.25) is 0 Å². The normalized spacial score (nSPS) is 20.1. The van der Waals surface area contributed by atoms with Crippen molar-refractivity contribution in [2.45, 2.75) is 51.0 Å². The Morgan fingerprint density at radius 1 is 1.33 bits per heavy atom. The summed E-state index contributed by atoms with van der Waals surface area (Å²) in [5.41, 5.74) is 6.83. The maximum atomic E-state index is 5.75. The van der Waals surface area contributed by atoms with Gasteiger partial charge in [0.05, 0.1) is 17.9 Å². The quantitative estimate of drug-likeness (QED) is 0.803. The van der Waals surface area contributed by atoms with Crippen LogP contribution in [-0.2, 0) is 0 Å². The van der Waals surface area contributed by atoms with E-state index in [0.717, 1.165) is 5.69 Å². The first-order valence-corrected chi connectivity index (χ1v) is 5.72. The smallest absolute Gasteiger partial charge is 0.167 e. The van der Waals surface area contributed by atoms with E-state index in [-0.39, 0.29) is 6.04 Å². The topological polar surface area (TPSA) is 64.7 Å². The molecule has 82 valence electrons. The van der Waals surface area contributed by atoms with Crippen LogP contribution in [0.3, 0.4) is 0 Å². The lowest BCUT2D eigenvalue weighted by atomic mass is 9.87. The van der Waals surface area contributed by atoms with Gasteiger partial charge in [-0.15, -0.1) is 5.10 Å². The van der Waals surface area contributed by atoms with Gasteiger partial charge in [0.25, 0.3) is 0 Å². The Labute approximate surface area is 90.3 Å². The fraction of sp³-hybridized carbons (Fsp3) is 0.727. The maximum Gasteiger partial charge on any atom is 0.167 e. The maximum absolute atomic E-state index is 5.75. The highest BCUT2D eigenvalue weighted by Gasteiger charge is 2.18. The van der Waals surface area contributed by atoms with Gasteiger partial charge in [-0.25, -0.2) is 4.98 Å². The molecule has 1 unspecified atom stereocenters. The van der Waals surface area contributed by atoms with Gasteiger partial charge in [-0.3, -0.25) is 0 Å². The molecule has 1 aliphatic rings. The van der Waals surface area contributed by atoms with Crippen LogP contribution in [0.1, 0.15) is 62.5 Å². The van der Waals surface area contributed by atoms with Gasteiger partial charge in [0.1, 0.15) is 0 Å². The van der Waals surface area contributed by atoms with Crippen molar-refractivity contribution in [3.63, 3.8) is 0 Å². The number of hydrogen-bond acceptors (Lipinski definition) is 4. The summed E-state index contributed by atoms with van der Waals surface area (Å²) in [6, 6.07) is -0.124. The summed E-state index contributed by atoms with van der Waals surface area (Å²) in [5.74, 6) is 1.24. The Kier molecular flexibility index (Phi) is 3.26. The molecular formula is C11H18N4. The van der Waals surface area contributed by atoms with E-state index in [1.54, 1.807) is 6.20 Å². The summed E-state index contributed by atoms with van der Waals surface area (Å²) in [6.07, 6.45) is 8.23. The largest absolute Gasteiger partial charge is 0.321 e. The Morgan fingerprint density at radius 3 is 2.73 bits per heavy atom. The fourth-order valence-corrected chi connectivity index (χ4v) is 2.12. The van der Waals surface area contributed by atoms with Crippen molar-refractivity contribution < 1.29 is 0 Å². The molecule has 1 aromatic rings. The van der Waals surface area contributed by atoms with Gasteiger partial charge < -0.3 is 5.73 Å². The summed E-state index contributed by atoms with van der Waals surface area (Å²) in [4.78, 5) is 4.50. The summed E-state index contributed by atoms with van der Waals surface area (Å²) in [5, 5.41) is 7.94. The van der Waals surface area contributed by atoms with Gasteiger partial charge >= 0.3 is 0 Å². The molecule has 0 bridgehead atoms. The van der Waals surface area contributed by atoms with Gasteiger partial charge in [-0.2, -0.15) is 5.10 Å². The molecule has 1 aromatic heterocycles. The lowest BCUT2D eigenvalue weighted by molar-refractivity contribution is 0.432. The second kappa shape index (κ2) is 4.66. The van der Waals surface area contributed by atoms with Crippen molar-refractivity contribution in [2.24, 2.45) is 5.73 Å². The summed E-state index contributed by atoms with van der Waals surface area (Å²) in [6.45, 7) is 1.89. The molecule has 4 nitrogen and oxygen atoms in total. The SMILES string of the molecule is CC(N)c1nncc(C2CCCCC2)n1. The van der Waals surface area contributed by atoms with E-state index in [9.17, 15) is 0 Å². The van der Waals surface area contributed by atoms with E-state index >= 15 is 0 Å². The average molecular weight is 206 g/mol. The van der Waals surface area contributed by atoms with E-state index in [2.05, 4.69) is 15.2 Å². The van der Waals surface area contributed by atoms with Crippen LogP contribution >= 0.6 is 0 Å². The minimum atomic E-state index is -0.124. The molecule has 4 heteroatoms. The van der Waals surface area contributed by atoms with E-state index < -0.39 is 0 Å². The second-order valence-corrected chi connectivity index (χ2v) is 4.36. The Bertz CT molecular complexity index is 318. The average Bonchev–Trinajstić information content (AvgIpc) is 2.30. The molecular weight excluding hydrogens is 188 g/mol. The Balaban J connectivity index is 2.16. The predicted molar refractivity (Wildman–Crippen MR) is 58.3 cm³/mol. The Hall–Kier alpha value is -1.03. The lowest BCUT2D eigenvalue weighted by Gasteiger charge is -2.20. The summed E-state index contributed by atoms with van der Waals surface area (Å²) >= 11 is 0. The van der Waals surface area contributed by atoms with Gasteiger partial charge in [-0.05, 0) is 19.8 Å². The highest BCUT2D eigenvalue weighted by molar-refractivity contribution is 5.06. The Morgan fingerprint density at radius 2 is 2.07 bits per heavy atom. The van der Waals surface area contributed by atoms with Crippen molar-refractivity contribution in [3.05, 3.63) is 17.7 Å². The minimum absolute atomic E-state index is 0.124. The lowest BCUT2D eigenvalue weighted by Crippen LogP contribution is -2.14. The number of nitrogens with zero attached hydrogens (tertiary/aromatic N) is 3. The van der Waals surface area contributed by atoms with Crippen molar-refractivity contribution in [1.82, 2.24) is 15.2 Å². The molecule has 0 saturated heterocycles. The highest BCUT2D eigenvalue weighted by Crippen LogP contribution is 2.31. The van der Waals surface area contributed by atoms with Gasteiger partial charge in [0, 0.05) is 5.92 Å². The van der Waals surface area contributed by atoms with Crippen molar-refractivity contribution >= 4 is 0 Å². The zero-order valence-corrected chi connectivity index (χ0v) is 9.19. The first-order chi connectivity index (χ1) is 7.27. The van der Waals surface area contributed by atoms with Crippen molar-refractivity contribution in [2.75, 3.05) is 0 Å². The molecule has 1 saturated carbocycles. The summed E-state index contributed by atoms with van der Waals surface area (Å²) in [7, 11) is 0. The number of nitrogens with two attached hydrogens (primary N) is 1. The number of aromatic nitrogens is 3. The zero-order chi connectivity index (χ0) is 10.7. The predicted octanol–water partition coefficient (Wildman–Crippen LogP) is 1.94. The fourth-order valence-electron chi connectivity index (χ4n) is 2.12. The molecule has 0 spiro atoms. The van der Waals surface area contributed by atoms with E-state index in [1.165, 1.54) is 32.1 Å². The second-order valence-electron chi connectivity index (χ2n) is 4.36. The van der Waals surface area contributed by atoms with Crippen LogP contribution in [0.5, 0.6) is 0 Å². The van der Waals surface area contributed by atoms with Crippen molar-refractivity contribution in [1.29, 1.82) is 0 Å². The van der Waals surface area contributed by atoms with E-state index in [4.69, 9.17) is 5.73 Å². The van der Waals surface area contributed by atoms with Gasteiger partial charge in [-0.1, -0.05) is 19.3 Å². The third kappa shape index (κ3) is 2.50. The van der Waals surface area contributed by atoms with Crippen LogP contribution in [0.25, 0.3) is 0 Å². The minimum Gasteiger partial charge on any atom is -0.321 e. The monoisotopic (exact) mass is 206 g/mol. The summed E-state index contributed by atoms with van der Waals surface area (Å²) < 4.78 is 0. The first-order valence-electron chi connectivity index (χ1n) is 5.72. The molecule has 2 rings (SSSR count). The van der Waals surface area contributed by atoms with Crippen molar-refractivity contribution in [3.8, 4) is 0 Å². The van der Waals surface area contributed by atoms with E-state index in [0.29, 0.717) is 11.7 Å². The third-order valence-corrected chi connectivity index (χ3v) is 3.02. The molecule has 1 atom stereocenters. The molecule has 2 N–H and O–H groups in total. The van der Waals surface area contributed by atoms with Gasteiger partial charge in [0.15, 0.2) is 5.82 Å². The third-order valence-electron chi connectivity index (χ3n) is 3.02. The highest BCUT2D eigenvalue weighted by atomic mass is 15.2. The van der Waals surface area contributed by atoms with Crippen LogP contribution < -0.4 is 5.73 Å². The number of hydrogen-bond donors (Lipinski definition) is 1. The molecule has 1 heterocycles. The molecule has 1 aliphatic carbocycles. The molecule has 0 amide bonds. The first kappa shape index (κ1) is 10.5. The zero-order valence-electron chi connectivity index (χ0n) is 9.19. The van der Waals surface area contributed by atoms with Crippen LogP contribution in [0.4, 0.5) is 0 Å². The molecule has 1 fully saturated rings. The van der Waals surface area contributed by atoms with Crippen LogP contribution in [-0.4, -0.2) is 15.2 Å². The van der Waals surface area contributed by atoms with Crippen LogP contribution in [0.15, 0.2) is 6.20 Å². The molecule has 15 heavy (non-hydrogen) atoms. The molecule has 0 radical (unpaired) electrons. The van der Waals surface area contributed by atoms with E-state index in [1.807, 2.05) is 6.92 Å².